The van der Waals surface area contributed by atoms with Crippen molar-refractivity contribution in [2.24, 2.45) is 0 Å². The van der Waals surface area contributed by atoms with Gasteiger partial charge in [0.1, 0.15) is 6.54 Å². The van der Waals surface area contributed by atoms with Gasteiger partial charge >= 0.3 is 0 Å². The van der Waals surface area contributed by atoms with E-state index in [1.807, 2.05) is 47.4 Å². The second-order valence-electron chi connectivity index (χ2n) is 7.19. The highest BCUT2D eigenvalue weighted by molar-refractivity contribution is 6.33. The molecule has 1 fully saturated rings. The Balaban J connectivity index is 1.24. The lowest BCUT2D eigenvalue weighted by molar-refractivity contribution is -0.134. The maximum Gasteiger partial charge on any atom is 0.246 e. The smallest absolute Gasteiger partial charge is 0.246 e. The van der Waals surface area contributed by atoms with Gasteiger partial charge in [-0.25, -0.2) is 0 Å². The maximum atomic E-state index is 12.6. The van der Waals surface area contributed by atoms with E-state index in [1.165, 1.54) is 4.80 Å². The molecule has 9 nitrogen and oxygen atoms in total. The molecule has 2 heterocycles. The average molecular weight is 440 g/mol. The Morgan fingerprint density at radius 1 is 0.935 bits per heavy atom. The first-order chi connectivity index (χ1) is 15.1. The number of amides is 2. The van der Waals surface area contributed by atoms with Crippen molar-refractivity contribution in [2.75, 3.05) is 38.0 Å². The molecule has 1 aromatic heterocycles. The highest BCUT2D eigenvalue weighted by Crippen LogP contribution is 2.20. The van der Waals surface area contributed by atoms with Crippen molar-refractivity contribution in [3.63, 3.8) is 0 Å². The van der Waals surface area contributed by atoms with E-state index in [2.05, 4.69) is 20.7 Å². The highest BCUT2D eigenvalue weighted by Gasteiger charge is 2.23. The van der Waals surface area contributed by atoms with Gasteiger partial charge in [-0.15, -0.1) is 10.2 Å². The molecule has 1 aliphatic heterocycles. The standard InChI is InChI=1S/C21H22ClN7O2/c22-17-8-4-5-9-18(17)23-19(30)14-27-10-12-28(13-11-27)20(31)15-29-25-21(24-26-29)16-6-2-1-3-7-16/h1-9H,10-15H2,(H,23,30). The Hall–Kier alpha value is -3.30. The topological polar surface area (TPSA) is 96.3 Å². The number of nitrogens with one attached hydrogen (secondary N) is 1. The zero-order chi connectivity index (χ0) is 21.6. The van der Waals surface area contributed by atoms with Crippen LogP contribution in [0.25, 0.3) is 11.4 Å². The van der Waals surface area contributed by atoms with E-state index < -0.39 is 0 Å². The van der Waals surface area contributed by atoms with E-state index in [1.54, 1.807) is 17.0 Å². The summed E-state index contributed by atoms with van der Waals surface area (Å²) in [6.07, 6.45) is 0. The summed E-state index contributed by atoms with van der Waals surface area (Å²) in [6.45, 7) is 2.59. The van der Waals surface area contributed by atoms with Crippen molar-refractivity contribution in [1.29, 1.82) is 0 Å². The summed E-state index contributed by atoms with van der Waals surface area (Å²) < 4.78 is 0. The van der Waals surface area contributed by atoms with Gasteiger partial charge in [-0.1, -0.05) is 54.1 Å². The van der Waals surface area contributed by atoms with Crippen LogP contribution in [0.2, 0.25) is 5.02 Å². The number of halogens is 1. The first-order valence-corrected chi connectivity index (χ1v) is 10.3. The molecule has 10 heteroatoms. The zero-order valence-electron chi connectivity index (χ0n) is 16.8. The largest absolute Gasteiger partial charge is 0.338 e. The summed E-state index contributed by atoms with van der Waals surface area (Å²) in [7, 11) is 0. The van der Waals surface area contributed by atoms with E-state index in [9.17, 15) is 9.59 Å². The Morgan fingerprint density at radius 2 is 1.65 bits per heavy atom. The minimum Gasteiger partial charge on any atom is -0.338 e. The number of carbonyl (C=O) groups is 2. The second kappa shape index (κ2) is 9.67. The quantitative estimate of drug-likeness (QED) is 0.629. The molecule has 0 unspecified atom stereocenters. The molecule has 0 saturated carbocycles. The summed E-state index contributed by atoms with van der Waals surface area (Å²) in [5, 5.41) is 15.6. The molecule has 1 aliphatic rings. The molecule has 0 bridgehead atoms. The molecule has 0 atom stereocenters. The van der Waals surface area contributed by atoms with Crippen LogP contribution in [0.15, 0.2) is 54.6 Å². The van der Waals surface area contributed by atoms with Crippen molar-refractivity contribution < 1.29 is 9.59 Å². The van der Waals surface area contributed by atoms with Crippen molar-refractivity contribution in [3.8, 4) is 11.4 Å². The molecular weight excluding hydrogens is 418 g/mol. The molecule has 31 heavy (non-hydrogen) atoms. The van der Waals surface area contributed by atoms with Crippen molar-refractivity contribution in [2.45, 2.75) is 6.54 Å². The molecule has 0 spiro atoms. The van der Waals surface area contributed by atoms with Crippen LogP contribution in [-0.2, 0) is 16.1 Å². The minimum atomic E-state index is -0.131. The summed E-state index contributed by atoms with van der Waals surface area (Å²) in [5.74, 6) is 0.285. The maximum absolute atomic E-state index is 12.6. The monoisotopic (exact) mass is 439 g/mol. The van der Waals surface area contributed by atoms with Gasteiger partial charge in [-0.05, 0) is 17.3 Å². The van der Waals surface area contributed by atoms with Crippen LogP contribution < -0.4 is 5.32 Å². The fourth-order valence-corrected chi connectivity index (χ4v) is 3.53. The Bertz CT molecular complexity index is 1050. The SMILES string of the molecule is O=C(CN1CCN(C(=O)Cn2nnc(-c3ccccc3)n2)CC1)Nc1ccccc1Cl. The molecule has 2 amide bonds. The van der Waals surface area contributed by atoms with Crippen LogP contribution in [0.5, 0.6) is 0 Å². The second-order valence-corrected chi connectivity index (χ2v) is 7.60. The van der Waals surface area contributed by atoms with Gasteiger partial charge in [0, 0.05) is 31.7 Å². The Morgan fingerprint density at radius 3 is 2.39 bits per heavy atom. The van der Waals surface area contributed by atoms with Gasteiger partial charge in [0.05, 0.1) is 17.3 Å². The van der Waals surface area contributed by atoms with Crippen LogP contribution in [0, 0.1) is 0 Å². The summed E-state index contributed by atoms with van der Waals surface area (Å²) in [6, 6.07) is 16.6. The number of tetrazole rings is 1. The van der Waals surface area contributed by atoms with Crippen LogP contribution >= 0.6 is 11.6 Å². The first-order valence-electron chi connectivity index (χ1n) is 9.96. The minimum absolute atomic E-state index is 0.0345. The number of hydrogen-bond donors (Lipinski definition) is 1. The first kappa shape index (κ1) is 21.0. The van der Waals surface area contributed by atoms with E-state index in [0.29, 0.717) is 42.7 Å². The summed E-state index contributed by atoms with van der Waals surface area (Å²) in [5.41, 5.74) is 1.45. The van der Waals surface area contributed by atoms with Gasteiger partial charge in [0.25, 0.3) is 0 Å². The molecule has 1 N–H and O–H groups in total. The number of hydrogen-bond acceptors (Lipinski definition) is 6. The Labute approximate surface area is 184 Å². The third kappa shape index (κ3) is 5.44. The molecule has 2 aromatic carbocycles. The number of nitrogens with zero attached hydrogens (tertiary/aromatic N) is 6. The van der Waals surface area contributed by atoms with Crippen LogP contribution in [0.1, 0.15) is 0 Å². The molecule has 160 valence electrons. The third-order valence-corrected chi connectivity index (χ3v) is 5.33. The number of para-hydroxylation sites is 1. The molecule has 4 rings (SSSR count). The predicted octanol–water partition coefficient (Wildman–Crippen LogP) is 1.78. The van der Waals surface area contributed by atoms with Crippen LogP contribution in [0.4, 0.5) is 5.69 Å². The lowest BCUT2D eigenvalue weighted by Gasteiger charge is -2.34. The summed E-state index contributed by atoms with van der Waals surface area (Å²) in [4.78, 5) is 30.0. The van der Waals surface area contributed by atoms with Crippen molar-refractivity contribution >= 4 is 29.1 Å². The normalized spacial score (nSPS) is 14.4. The van der Waals surface area contributed by atoms with E-state index in [4.69, 9.17) is 11.6 Å². The number of aromatic nitrogens is 4. The summed E-state index contributed by atoms with van der Waals surface area (Å²) >= 11 is 6.08. The number of benzene rings is 2. The number of anilines is 1. The molecular formula is C21H22ClN7O2. The number of piperazine rings is 1. The molecule has 0 aliphatic carbocycles. The third-order valence-electron chi connectivity index (χ3n) is 5.00. The highest BCUT2D eigenvalue weighted by atomic mass is 35.5. The lowest BCUT2D eigenvalue weighted by Crippen LogP contribution is -2.51. The van der Waals surface area contributed by atoms with Gasteiger partial charge in [-0.2, -0.15) is 4.80 Å². The van der Waals surface area contributed by atoms with Gasteiger partial charge in [-0.3, -0.25) is 14.5 Å². The molecule has 3 aromatic rings. The Kier molecular flexibility index (Phi) is 6.54. The van der Waals surface area contributed by atoms with Crippen LogP contribution in [0.3, 0.4) is 0 Å². The van der Waals surface area contributed by atoms with Gasteiger partial charge < -0.3 is 10.2 Å². The lowest BCUT2D eigenvalue weighted by atomic mass is 10.2. The molecule has 1 saturated heterocycles. The fraction of sp³-hybridized carbons (Fsp3) is 0.286. The van der Waals surface area contributed by atoms with E-state index in [0.717, 1.165) is 5.56 Å². The van der Waals surface area contributed by atoms with Gasteiger partial charge in [0.2, 0.25) is 17.6 Å². The number of rotatable bonds is 6. The fourth-order valence-electron chi connectivity index (χ4n) is 3.34. The predicted molar refractivity (Wildman–Crippen MR) is 116 cm³/mol. The van der Waals surface area contributed by atoms with Crippen molar-refractivity contribution in [1.82, 2.24) is 30.0 Å². The van der Waals surface area contributed by atoms with Gasteiger partial charge in [0.15, 0.2) is 0 Å². The van der Waals surface area contributed by atoms with Crippen molar-refractivity contribution in [3.05, 3.63) is 59.6 Å². The van der Waals surface area contributed by atoms with E-state index >= 15 is 0 Å². The zero-order valence-corrected chi connectivity index (χ0v) is 17.6. The molecule has 0 radical (unpaired) electrons. The van der Waals surface area contributed by atoms with Crippen LogP contribution in [-0.4, -0.2) is 74.5 Å². The average Bonchev–Trinajstić information content (AvgIpc) is 3.25. The number of carbonyl (C=O) groups excluding carboxylic acids is 2. The van der Waals surface area contributed by atoms with E-state index in [-0.39, 0.29) is 24.9 Å².